The predicted molar refractivity (Wildman–Crippen MR) is 145 cm³/mol. The van der Waals surface area contributed by atoms with Gasteiger partial charge in [-0.1, -0.05) is 31.2 Å². The zero-order chi connectivity index (χ0) is 26.2. The first kappa shape index (κ1) is 26.8. The number of carbonyl (C=O) groups excluding carboxylic acids is 2. The van der Waals surface area contributed by atoms with Gasteiger partial charge in [0.2, 0.25) is 5.91 Å². The van der Waals surface area contributed by atoms with Crippen LogP contribution in [0.2, 0.25) is 0 Å². The van der Waals surface area contributed by atoms with Crippen molar-refractivity contribution in [3.8, 4) is 0 Å². The van der Waals surface area contributed by atoms with E-state index >= 15 is 0 Å². The zero-order valence-corrected chi connectivity index (χ0v) is 22.2. The maximum atomic E-state index is 13.7. The highest BCUT2D eigenvalue weighted by molar-refractivity contribution is 7.10. The maximum Gasteiger partial charge on any atom is 0.322 e. The van der Waals surface area contributed by atoms with Gasteiger partial charge in [-0.05, 0) is 78.6 Å². The maximum absolute atomic E-state index is 13.7. The number of carbonyl (C=O) groups is 2. The number of thiophene rings is 1. The third kappa shape index (κ3) is 7.63. The Morgan fingerprint density at radius 3 is 2.57 bits per heavy atom. The van der Waals surface area contributed by atoms with E-state index in [2.05, 4.69) is 12.2 Å². The molecule has 0 saturated carbocycles. The Hall–Kier alpha value is -3.23. The van der Waals surface area contributed by atoms with Crippen molar-refractivity contribution in [3.05, 3.63) is 87.4 Å². The van der Waals surface area contributed by atoms with Crippen molar-refractivity contribution in [1.29, 1.82) is 0 Å². The highest BCUT2D eigenvalue weighted by Crippen LogP contribution is 2.21. The normalized spacial score (nSPS) is 14.9. The zero-order valence-electron chi connectivity index (χ0n) is 21.4. The summed E-state index contributed by atoms with van der Waals surface area (Å²) in [7, 11) is 0. The molecule has 1 N–H and O–H groups in total. The van der Waals surface area contributed by atoms with Crippen LogP contribution in [-0.4, -0.2) is 47.5 Å². The molecule has 3 amide bonds. The first-order chi connectivity index (χ1) is 17.9. The smallest absolute Gasteiger partial charge is 0.322 e. The van der Waals surface area contributed by atoms with Crippen LogP contribution in [0.1, 0.15) is 41.3 Å². The minimum absolute atomic E-state index is 0.0786. The topological polar surface area (TPSA) is 61.9 Å². The summed E-state index contributed by atoms with van der Waals surface area (Å²) in [6.07, 6.45) is 2.57. The number of halogens is 1. The Bertz CT molecular complexity index is 1190. The lowest BCUT2D eigenvalue weighted by Crippen LogP contribution is -2.46. The second kappa shape index (κ2) is 12.8. The van der Waals surface area contributed by atoms with Gasteiger partial charge in [0.25, 0.3) is 0 Å². The minimum atomic E-state index is -0.328. The molecule has 1 aromatic heterocycles. The molecule has 1 atom stereocenters. The van der Waals surface area contributed by atoms with Gasteiger partial charge in [0.05, 0.1) is 12.6 Å². The molecule has 37 heavy (non-hydrogen) atoms. The van der Waals surface area contributed by atoms with Gasteiger partial charge in [-0.3, -0.25) is 4.79 Å². The average molecular weight is 524 g/mol. The fourth-order valence-electron chi connectivity index (χ4n) is 4.37. The standard InChI is InChI=1S/C29H34FN3O3S/c1-3-22-6-4-7-25(16-22)31-29(35)33(18-26-8-5-14-36-26)20-28(34)32(19-27-21(2)13-15-37-27)17-23-9-11-24(30)12-10-23/h4,6-7,9-13,15-16,26H,3,5,8,14,17-20H2,1-2H3,(H,31,35). The number of benzene rings is 2. The lowest BCUT2D eigenvalue weighted by molar-refractivity contribution is -0.133. The van der Waals surface area contributed by atoms with E-state index in [-0.39, 0.29) is 30.4 Å². The number of anilines is 1. The minimum Gasteiger partial charge on any atom is -0.376 e. The summed E-state index contributed by atoms with van der Waals surface area (Å²) >= 11 is 1.60. The molecule has 3 aromatic rings. The van der Waals surface area contributed by atoms with Crippen molar-refractivity contribution in [2.24, 2.45) is 0 Å². The second-order valence-electron chi connectivity index (χ2n) is 9.40. The second-order valence-corrected chi connectivity index (χ2v) is 10.4. The summed E-state index contributed by atoms with van der Waals surface area (Å²) in [6.45, 7) is 5.76. The molecule has 0 bridgehead atoms. The van der Waals surface area contributed by atoms with Crippen LogP contribution in [0.15, 0.2) is 60.0 Å². The van der Waals surface area contributed by atoms with E-state index in [9.17, 15) is 14.0 Å². The molecule has 0 radical (unpaired) electrons. The largest absolute Gasteiger partial charge is 0.376 e. The summed E-state index contributed by atoms with van der Waals surface area (Å²) in [5.74, 6) is -0.491. The Kier molecular flexibility index (Phi) is 9.30. The number of nitrogens with zero attached hydrogens (tertiary/aromatic N) is 2. The molecule has 4 rings (SSSR count). The number of hydrogen-bond donors (Lipinski definition) is 1. The van der Waals surface area contributed by atoms with E-state index in [4.69, 9.17) is 4.74 Å². The summed E-state index contributed by atoms with van der Waals surface area (Å²) in [6, 6.07) is 15.6. The first-order valence-corrected chi connectivity index (χ1v) is 13.6. The number of nitrogens with one attached hydrogen (secondary N) is 1. The fourth-order valence-corrected chi connectivity index (χ4v) is 5.29. The van der Waals surface area contributed by atoms with Crippen LogP contribution in [0.25, 0.3) is 0 Å². The molecule has 2 heterocycles. The summed E-state index contributed by atoms with van der Waals surface area (Å²) in [5.41, 5.74) is 3.77. The van der Waals surface area contributed by atoms with Crippen LogP contribution in [0.3, 0.4) is 0 Å². The number of hydrogen-bond acceptors (Lipinski definition) is 4. The Labute approximate surface area is 222 Å². The van der Waals surface area contributed by atoms with Gasteiger partial charge in [-0.2, -0.15) is 0 Å². The lowest BCUT2D eigenvalue weighted by atomic mass is 10.1. The van der Waals surface area contributed by atoms with Gasteiger partial charge in [-0.25, -0.2) is 9.18 Å². The Morgan fingerprint density at radius 1 is 1.08 bits per heavy atom. The third-order valence-electron chi connectivity index (χ3n) is 6.59. The quantitative estimate of drug-likeness (QED) is 0.355. The van der Waals surface area contributed by atoms with Gasteiger partial charge >= 0.3 is 6.03 Å². The molecular weight excluding hydrogens is 489 g/mol. The number of ether oxygens (including phenoxy) is 1. The van der Waals surface area contributed by atoms with Crippen molar-refractivity contribution < 1.29 is 18.7 Å². The van der Waals surface area contributed by atoms with Gasteiger partial charge < -0.3 is 19.9 Å². The molecule has 1 aliphatic rings. The monoisotopic (exact) mass is 523 g/mol. The van der Waals surface area contributed by atoms with Crippen molar-refractivity contribution in [3.63, 3.8) is 0 Å². The van der Waals surface area contributed by atoms with Gasteiger partial charge in [0.1, 0.15) is 12.4 Å². The third-order valence-corrected chi connectivity index (χ3v) is 7.60. The highest BCUT2D eigenvalue weighted by Gasteiger charge is 2.27. The van der Waals surface area contributed by atoms with Crippen LogP contribution in [0.4, 0.5) is 14.9 Å². The molecule has 8 heteroatoms. The van der Waals surface area contributed by atoms with Crippen LogP contribution >= 0.6 is 11.3 Å². The van der Waals surface area contributed by atoms with Crippen molar-refractivity contribution in [2.75, 3.05) is 25.0 Å². The van der Waals surface area contributed by atoms with Crippen molar-refractivity contribution in [1.82, 2.24) is 9.80 Å². The number of amides is 3. The highest BCUT2D eigenvalue weighted by atomic mass is 32.1. The molecular formula is C29H34FN3O3S. The van der Waals surface area contributed by atoms with E-state index in [1.807, 2.05) is 42.6 Å². The molecule has 1 unspecified atom stereocenters. The predicted octanol–water partition coefficient (Wildman–Crippen LogP) is 6.00. The molecule has 0 spiro atoms. The van der Waals surface area contributed by atoms with E-state index < -0.39 is 0 Å². The number of urea groups is 1. The lowest BCUT2D eigenvalue weighted by Gasteiger charge is -2.29. The molecule has 1 fully saturated rings. The van der Waals surface area contributed by atoms with Gasteiger partial charge in [-0.15, -0.1) is 11.3 Å². The molecule has 1 aliphatic heterocycles. The Morgan fingerprint density at radius 2 is 1.89 bits per heavy atom. The van der Waals surface area contributed by atoms with Crippen molar-refractivity contribution in [2.45, 2.75) is 52.3 Å². The molecule has 6 nitrogen and oxygen atoms in total. The van der Waals surface area contributed by atoms with Crippen LogP contribution in [0, 0.1) is 12.7 Å². The number of rotatable bonds is 10. The molecule has 196 valence electrons. The summed E-state index contributed by atoms with van der Waals surface area (Å²) in [5, 5.41) is 4.97. The average Bonchev–Trinajstić information content (AvgIpc) is 3.56. The van der Waals surface area contributed by atoms with Gasteiger partial charge in [0, 0.05) is 30.3 Å². The molecule has 1 saturated heterocycles. The van der Waals surface area contributed by atoms with E-state index in [0.29, 0.717) is 31.9 Å². The fraction of sp³-hybridized carbons (Fsp3) is 0.379. The first-order valence-electron chi connectivity index (χ1n) is 12.7. The van der Waals surface area contributed by atoms with Crippen LogP contribution < -0.4 is 5.32 Å². The number of aryl methyl sites for hydroxylation is 2. The summed E-state index contributed by atoms with van der Waals surface area (Å²) < 4.78 is 19.3. The van der Waals surface area contributed by atoms with Gasteiger partial charge in [0.15, 0.2) is 0 Å². The van der Waals surface area contributed by atoms with E-state index in [0.717, 1.165) is 40.8 Å². The summed E-state index contributed by atoms with van der Waals surface area (Å²) in [4.78, 5) is 31.4. The molecule has 0 aliphatic carbocycles. The van der Waals surface area contributed by atoms with Crippen LogP contribution in [0.5, 0.6) is 0 Å². The SMILES string of the molecule is CCc1cccc(NC(=O)N(CC(=O)N(Cc2ccc(F)cc2)Cc2sccc2C)CC2CCCO2)c1. The van der Waals surface area contributed by atoms with Crippen molar-refractivity contribution >= 4 is 29.0 Å². The van der Waals surface area contributed by atoms with E-state index in [1.165, 1.54) is 12.1 Å². The Balaban J connectivity index is 1.53. The van der Waals surface area contributed by atoms with Crippen LogP contribution in [-0.2, 0) is 29.0 Å². The molecule has 2 aromatic carbocycles. The van der Waals surface area contributed by atoms with E-state index in [1.54, 1.807) is 33.3 Å².